The Morgan fingerprint density at radius 1 is 1.19 bits per heavy atom. The Labute approximate surface area is 129 Å². The van der Waals surface area contributed by atoms with E-state index in [4.69, 9.17) is 4.74 Å². The highest BCUT2D eigenvalue weighted by atomic mass is 32.2. The van der Waals surface area contributed by atoms with Crippen molar-refractivity contribution < 1.29 is 8.95 Å². The van der Waals surface area contributed by atoms with Crippen LogP contribution in [0.1, 0.15) is 18.5 Å². The van der Waals surface area contributed by atoms with Crippen molar-refractivity contribution in [2.45, 2.75) is 13.0 Å². The fourth-order valence-corrected chi connectivity index (χ4v) is 3.69. The van der Waals surface area contributed by atoms with E-state index in [9.17, 15) is 4.21 Å². The van der Waals surface area contributed by atoms with Crippen LogP contribution >= 0.6 is 0 Å². The molecule has 0 saturated carbocycles. The molecule has 2 aromatic rings. The molecule has 0 aliphatic rings. The zero-order chi connectivity index (χ0) is 15.1. The minimum absolute atomic E-state index is 0.110. The van der Waals surface area contributed by atoms with Crippen LogP contribution in [0.15, 0.2) is 42.5 Å². The average Bonchev–Trinajstić information content (AvgIpc) is 2.52. The number of nitrogens with one attached hydrogen (secondary N) is 1. The summed E-state index contributed by atoms with van der Waals surface area (Å²) in [6.45, 7) is 3.48. The Morgan fingerprint density at radius 2 is 1.95 bits per heavy atom. The van der Waals surface area contributed by atoms with E-state index in [1.54, 1.807) is 7.11 Å². The molecule has 4 heteroatoms. The predicted molar refractivity (Wildman–Crippen MR) is 90.1 cm³/mol. The molecule has 0 aromatic heterocycles. The van der Waals surface area contributed by atoms with E-state index in [1.807, 2.05) is 6.07 Å². The first-order valence-electron chi connectivity index (χ1n) is 7.31. The van der Waals surface area contributed by atoms with Crippen LogP contribution in [0.25, 0.3) is 10.8 Å². The molecule has 0 aliphatic carbocycles. The molecule has 3 nitrogen and oxygen atoms in total. The summed E-state index contributed by atoms with van der Waals surface area (Å²) in [4.78, 5) is 0. The fraction of sp³-hybridized carbons (Fsp3) is 0.412. The molecule has 0 saturated heterocycles. The van der Waals surface area contributed by atoms with Gasteiger partial charge >= 0.3 is 0 Å². The van der Waals surface area contributed by atoms with Crippen molar-refractivity contribution in [3.63, 3.8) is 0 Å². The van der Waals surface area contributed by atoms with Crippen molar-refractivity contribution in [2.24, 2.45) is 0 Å². The molecule has 0 aliphatic heterocycles. The molecule has 2 rings (SSSR count). The number of ether oxygens (including phenoxy) is 1. The van der Waals surface area contributed by atoms with E-state index >= 15 is 0 Å². The average molecular weight is 305 g/mol. The Morgan fingerprint density at radius 3 is 2.71 bits per heavy atom. The van der Waals surface area contributed by atoms with Crippen molar-refractivity contribution in [1.29, 1.82) is 0 Å². The van der Waals surface area contributed by atoms with Crippen molar-refractivity contribution in [1.82, 2.24) is 5.32 Å². The molecule has 2 unspecified atom stereocenters. The van der Waals surface area contributed by atoms with E-state index in [-0.39, 0.29) is 6.04 Å². The first-order chi connectivity index (χ1) is 10.3. The van der Waals surface area contributed by atoms with Gasteiger partial charge in [-0.05, 0) is 22.9 Å². The van der Waals surface area contributed by atoms with E-state index in [0.717, 1.165) is 6.54 Å². The maximum atomic E-state index is 12.2. The summed E-state index contributed by atoms with van der Waals surface area (Å²) in [5.74, 6) is 1.20. The highest BCUT2D eigenvalue weighted by molar-refractivity contribution is 7.85. The van der Waals surface area contributed by atoms with Crippen LogP contribution in [0, 0.1) is 0 Å². The second kappa shape index (κ2) is 8.27. The third-order valence-corrected chi connectivity index (χ3v) is 4.84. The van der Waals surface area contributed by atoms with E-state index in [1.165, 1.54) is 16.3 Å². The maximum Gasteiger partial charge on any atom is 0.0577 e. The van der Waals surface area contributed by atoms with E-state index < -0.39 is 10.8 Å². The summed E-state index contributed by atoms with van der Waals surface area (Å²) in [7, 11) is 0.760. The van der Waals surface area contributed by atoms with Crippen molar-refractivity contribution in [3.05, 3.63) is 48.0 Å². The lowest BCUT2D eigenvalue weighted by Crippen LogP contribution is -2.27. The molecular weight excluding hydrogens is 282 g/mol. The molecule has 0 heterocycles. The first-order valence-corrected chi connectivity index (χ1v) is 8.80. The van der Waals surface area contributed by atoms with Gasteiger partial charge in [0.25, 0.3) is 0 Å². The van der Waals surface area contributed by atoms with Crippen LogP contribution in [-0.4, -0.2) is 36.0 Å². The summed E-state index contributed by atoms with van der Waals surface area (Å²) in [5.41, 5.74) is 1.22. The number of rotatable bonds is 8. The van der Waals surface area contributed by atoms with Gasteiger partial charge in [0, 0.05) is 35.5 Å². The lowest BCUT2D eigenvalue weighted by Gasteiger charge is -2.20. The molecule has 2 atom stereocenters. The lowest BCUT2D eigenvalue weighted by atomic mass is 9.99. The largest absolute Gasteiger partial charge is 0.384 e. The number of fused-ring (bicyclic) bond motifs is 1. The predicted octanol–water partition coefficient (Wildman–Crippen LogP) is 2.89. The minimum atomic E-state index is -0.882. The van der Waals surface area contributed by atoms with Crippen molar-refractivity contribution >= 4 is 21.6 Å². The SMILES string of the molecule is CCNC(CS(=O)CCOC)c1cccc2ccccc12. The molecule has 1 N–H and O–H groups in total. The molecule has 0 amide bonds. The molecule has 114 valence electrons. The molecule has 2 aromatic carbocycles. The van der Waals surface area contributed by atoms with Gasteiger partial charge in [0.15, 0.2) is 0 Å². The topological polar surface area (TPSA) is 38.3 Å². The normalized spacial score (nSPS) is 14.2. The van der Waals surface area contributed by atoms with Crippen molar-refractivity contribution in [3.8, 4) is 0 Å². The Bertz CT molecular complexity index is 595. The Hall–Kier alpha value is -1.23. The second-order valence-corrected chi connectivity index (χ2v) is 6.60. The third kappa shape index (κ3) is 4.37. The highest BCUT2D eigenvalue weighted by Crippen LogP contribution is 2.25. The first kappa shape index (κ1) is 16.1. The zero-order valence-electron chi connectivity index (χ0n) is 12.7. The summed E-state index contributed by atoms with van der Waals surface area (Å²) in [5, 5.41) is 5.92. The van der Waals surface area contributed by atoms with Crippen LogP contribution in [0.2, 0.25) is 0 Å². The van der Waals surface area contributed by atoms with Gasteiger partial charge in [-0.1, -0.05) is 49.4 Å². The van der Waals surface area contributed by atoms with Crippen molar-refractivity contribution in [2.75, 3.05) is 31.8 Å². The summed E-state index contributed by atoms with van der Waals surface area (Å²) in [6.07, 6.45) is 0. The van der Waals surface area contributed by atoms with Crippen LogP contribution < -0.4 is 5.32 Å². The molecule has 0 fully saturated rings. The zero-order valence-corrected chi connectivity index (χ0v) is 13.5. The lowest BCUT2D eigenvalue weighted by molar-refractivity contribution is 0.218. The molecule has 0 bridgehead atoms. The van der Waals surface area contributed by atoms with E-state index in [2.05, 4.69) is 48.6 Å². The molecule has 21 heavy (non-hydrogen) atoms. The maximum absolute atomic E-state index is 12.2. The molecular formula is C17H23NO2S. The summed E-state index contributed by atoms with van der Waals surface area (Å²) >= 11 is 0. The van der Waals surface area contributed by atoms with Gasteiger partial charge in [0.1, 0.15) is 0 Å². The second-order valence-electron chi connectivity index (χ2n) is 4.98. The number of methoxy groups -OCH3 is 1. The monoisotopic (exact) mass is 305 g/mol. The van der Waals surface area contributed by atoms with Crippen LogP contribution in [0.5, 0.6) is 0 Å². The van der Waals surface area contributed by atoms with Gasteiger partial charge in [0.05, 0.1) is 6.61 Å². The van der Waals surface area contributed by atoms with Gasteiger partial charge in [-0.25, -0.2) is 0 Å². The molecule has 0 spiro atoms. The summed E-state index contributed by atoms with van der Waals surface area (Å²) in [6, 6.07) is 14.8. The van der Waals surface area contributed by atoms with Gasteiger partial charge in [0.2, 0.25) is 0 Å². The van der Waals surface area contributed by atoms with Gasteiger partial charge in [-0.2, -0.15) is 0 Å². The number of benzene rings is 2. The van der Waals surface area contributed by atoms with E-state index in [0.29, 0.717) is 18.1 Å². The van der Waals surface area contributed by atoms with Gasteiger partial charge in [-0.3, -0.25) is 4.21 Å². The fourth-order valence-electron chi connectivity index (χ4n) is 2.50. The Kier molecular flexibility index (Phi) is 6.36. The standard InChI is InChI=1S/C17H23NO2S/c1-3-18-17(13-21(19)12-11-20-2)16-10-6-8-14-7-4-5-9-15(14)16/h4-10,17-18H,3,11-13H2,1-2H3. The number of hydrogen-bond acceptors (Lipinski definition) is 3. The smallest absolute Gasteiger partial charge is 0.0577 e. The quantitative estimate of drug-likeness (QED) is 0.815. The minimum Gasteiger partial charge on any atom is -0.384 e. The number of hydrogen-bond donors (Lipinski definition) is 1. The highest BCUT2D eigenvalue weighted by Gasteiger charge is 2.16. The third-order valence-electron chi connectivity index (χ3n) is 3.52. The van der Waals surface area contributed by atoms with Crippen LogP contribution in [0.3, 0.4) is 0 Å². The van der Waals surface area contributed by atoms with Crippen LogP contribution in [-0.2, 0) is 15.5 Å². The summed E-state index contributed by atoms with van der Waals surface area (Å²) < 4.78 is 17.2. The van der Waals surface area contributed by atoms with Gasteiger partial charge < -0.3 is 10.1 Å². The molecule has 0 radical (unpaired) electrons. The van der Waals surface area contributed by atoms with Crippen LogP contribution in [0.4, 0.5) is 0 Å². The Balaban J connectivity index is 2.25. The van der Waals surface area contributed by atoms with Gasteiger partial charge in [-0.15, -0.1) is 0 Å².